The average molecular weight is 380 g/mol. The molecule has 0 bridgehead atoms. The molecule has 8 heteroatoms. The lowest BCUT2D eigenvalue weighted by Gasteiger charge is -2.32. The van der Waals surface area contributed by atoms with Crippen LogP contribution in [0.15, 0.2) is 53.6 Å². The van der Waals surface area contributed by atoms with Crippen molar-refractivity contribution in [2.75, 3.05) is 0 Å². The fourth-order valence-electron chi connectivity index (χ4n) is 2.79. The predicted octanol–water partition coefficient (Wildman–Crippen LogP) is 3.89. The summed E-state index contributed by atoms with van der Waals surface area (Å²) in [7, 11) is 0. The Hall–Kier alpha value is -2.74. The number of halogens is 4. The minimum absolute atomic E-state index is 0.0311. The van der Waals surface area contributed by atoms with Crippen LogP contribution in [0.25, 0.3) is 0 Å². The van der Waals surface area contributed by atoms with Crippen molar-refractivity contribution in [2.45, 2.75) is 31.7 Å². The van der Waals surface area contributed by atoms with Gasteiger partial charge in [0, 0.05) is 5.56 Å². The zero-order valence-electron chi connectivity index (χ0n) is 14.3. The topological polar surface area (TPSA) is 52.9 Å². The number of aryl methyl sites for hydroxylation is 1. The highest BCUT2D eigenvalue weighted by atomic mass is 19.4. The van der Waals surface area contributed by atoms with Crippen molar-refractivity contribution in [3.63, 3.8) is 0 Å². The van der Waals surface area contributed by atoms with E-state index in [1.54, 1.807) is 24.3 Å². The van der Waals surface area contributed by atoms with Crippen LogP contribution in [-0.2, 0) is 6.42 Å². The SMILES string of the molecule is CCc1ccc(C2=NN(C(=O)c3ccc(F)cc3)[C@@](O)(C(F)(F)F)C2)cc1. The van der Waals surface area contributed by atoms with Gasteiger partial charge in [0.25, 0.3) is 11.6 Å². The highest BCUT2D eigenvalue weighted by Crippen LogP contribution is 2.42. The second-order valence-corrected chi connectivity index (χ2v) is 6.21. The summed E-state index contributed by atoms with van der Waals surface area (Å²) in [5, 5.41) is 14.1. The summed E-state index contributed by atoms with van der Waals surface area (Å²) in [5.74, 6) is -1.81. The highest BCUT2D eigenvalue weighted by Gasteiger charge is 2.63. The van der Waals surface area contributed by atoms with Gasteiger partial charge in [-0.1, -0.05) is 31.2 Å². The van der Waals surface area contributed by atoms with Gasteiger partial charge in [0.05, 0.1) is 12.1 Å². The van der Waals surface area contributed by atoms with Crippen LogP contribution in [0.1, 0.15) is 34.8 Å². The summed E-state index contributed by atoms with van der Waals surface area (Å²) in [6.07, 6.45) is -5.26. The van der Waals surface area contributed by atoms with E-state index in [-0.39, 0.29) is 16.3 Å². The molecule has 2 aromatic carbocycles. The lowest BCUT2D eigenvalue weighted by molar-refractivity contribution is -0.297. The number of alkyl halides is 3. The van der Waals surface area contributed by atoms with Gasteiger partial charge in [-0.2, -0.15) is 23.3 Å². The molecule has 0 fully saturated rings. The Labute approximate surface area is 152 Å². The zero-order chi connectivity index (χ0) is 19.8. The third-order valence-electron chi connectivity index (χ3n) is 4.42. The van der Waals surface area contributed by atoms with E-state index in [4.69, 9.17) is 0 Å². The summed E-state index contributed by atoms with van der Waals surface area (Å²) < 4.78 is 53.7. The number of benzene rings is 2. The van der Waals surface area contributed by atoms with Crippen molar-refractivity contribution < 1.29 is 27.5 Å². The van der Waals surface area contributed by atoms with Gasteiger partial charge in [-0.05, 0) is 41.8 Å². The van der Waals surface area contributed by atoms with Gasteiger partial charge in [0.15, 0.2) is 0 Å². The average Bonchev–Trinajstić information content (AvgIpc) is 3.01. The van der Waals surface area contributed by atoms with Crippen molar-refractivity contribution in [1.82, 2.24) is 5.01 Å². The number of hydrogen-bond acceptors (Lipinski definition) is 3. The quantitative estimate of drug-likeness (QED) is 0.822. The van der Waals surface area contributed by atoms with E-state index < -0.39 is 30.0 Å². The lowest BCUT2D eigenvalue weighted by atomic mass is 9.99. The van der Waals surface area contributed by atoms with Crippen molar-refractivity contribution in [3.05, 3.63) is 71.0 Å². The summed E-state index contributed by atoms with van der Waals surface area (Å²) in [6.45, 7) is 1.94. The molecule has 1 aliphatic heterocycles. The Bertz CT molecular complexity index is 876. The number of aliphatic hydroxyl groups is 1. The Morgan fingerprint density at radius 1 is 1.15 bits per heavy atom. The number of hydrazone groups is 1. The molecule has 0 saturated heterocycles. The van der Waals surface area contributed by atoms with Crippen LogP contribution in [-0.4, -0.2) is 33.6 Å². The van der Waals surface area contributed by atoms with Gasteiger partial charge < -0.3 is 5.11 Å². The van der Waals surface area contributed by atoms with Crippen molar-refractivity contribution >= 4 is 11.6 Å². The second-order valence-electron chi connectivity index (χ2n) is 6.21. The van der Waals surface area contributed by atoms with E-state index in [1.807, 2.05) is 6.92 Å². The predicted molar refractivity (Wildman–Crippen MR) is 90.5 cm³/mol. The first-order chi connectivity index (χ1) is 12.7. The van der Waals surface area contributed by atoms with Crippen LogP contribution < -0.4 is 0 Å². The molecule has 4 nitrogen and oxygen atoms in total. The molecule has 0 aliphatic carbocycles. The molecule has 2 aromatic rings. The number of carbonyl (C=O) groups excluding carboxylic acids is 1. The van der Waals surface area contributed by atoms with Gasteiger partial charge in [0.2, 0.25) is 0 Å². The first-order valence-corrected chi connectivity index (χ1v) is 8.21. The van der Waals surface area contributed by atoms with E-state index in [0.29, 0.717) is 5.56 Å². The molecule has 1 aliphatic rings. The van der Waals surface area contributed by atoms with Crippen molar-refractivity contribution in [2.24, 2.45) is 5.10 Å². The monoisotopic (exact) mass is 380 g/mol. The van der Waals surface area contributed by atoms with Crippen LogP contribution in [0.4, 0.5) is 17.6 Å². The van der Waals surface area contributed by atoms with Crippen LogP contribution in [0.3, 0.4) is 0 Å². The molecule has 1 amide bonds. The Kier molecular flexibility index (Phi) is 4.77. The maximum atomic E-state index is 13.6. The summed E-state index contributed by atoms with van der Waals surface area (Å²) in [6, 6.07) is 10.7. The molecule has 0 spiro atoms. The van der Waals surface area contributed by atoms with Crippen molar-refractivity contribution in [1.29, 1.82) is 0 Å². The normalized spacial score (nSPS) is 19.9. The van der Waals surface area contributed by atoms with Gasteiger partial charge in [0.1, 0.15) is 5.82 Å². The summed E-state index contributed by atoms with van der Waals surface area (Å²) >= 11 is 0. The smallest absolute Gasteiger partial charge is 0.362 e. The number of amides is 1. The van der Waals surface area contributed by atoms with Crippen LogP contribution in [0.5, 0.6) is 0 Å². The fraction of sp³-hybridized carbons (Fsp3) is 0.263. The molecular formula is C19H16F4N2O2. The van der Waals surface area contributed by atoms with E-state index in [2.05, 4.69) is 5.10 Å². The molecule has 3 rings (SSSR count). The standard InChI is InChI=1S/C19H16F4N2O2/c1-2-12-3-5-13(6-4-12)16-11-18(27,19(21,22)23)25(24-16)17(26)14-7-9-15(20)10-8-14/h3-10,27H,2,11H2,1H3/t18-/m0/s1. The first kappa shape index (κ1) is 19.0. The second kappa shape index (κ2) is 6.77. The molecule has 0 unspecified atom stereocenters. The van der Waals surface area contributed by atoms with E-state index in [0.717, 1.165) is 36.2 Å². The summed E-state index contributed by atoms with van der Waals surface area (Å²) in [4.78, 5) is 12.5. The summed E-state index contributed by atoms with van der Waals surface area (Å²) in [5.41, 5.74) is -2.39. The highest BCUT2D eigenvalue weighted by molar-refractivity contribution is 6.05. The minimum atomic E-state index is -5.13. The van der Waals surface area contributed by atoms with Gasteiger partial charge in [-0.25, -0.2) is 4.39 Å². The minimum Gasteiger partial charge on any atom is -0.362 e. The maximum Gasteiger partial charge on any atom is 0.438 e. The zero-order valence-corrected chi connectivity index (χ0v) is 14.3. The molecule has 1 N–H and O–H groups in total. The van der Waals surface area contributed by atoms with E-state index >= 15 is 0 Å². The number of hydrogen-bond donors (Lipinski definition) is 1. The van der Waals surface area contributed by atoms with Gasteiger partial charge in [-0.3, -0.25) is 4.79 Å². The van der Waals surface area contributed by atoms with Crippen molar-refractivity contribution in [3.8, 4) is 0 Å². The molecule has 1 atom stereocenters. The molecule has 0 saturated carbocycles. The largest absolute Gasteiger partial charge is 0.438 e. The number of rotatable bonds is 3. The number of carbonyl (C=O) groups is 1. The molecule has 0 radical (unpaired) electrons. The van der Waals surface area contributed by atoms with Crippen LogP contribution in [0, 0.1) is 5.82 Å². The first-order valence-electron chi connectivity index (χ1n) is 8.21. The van der Waals surface area contributed by atoms with Crippen LogP contribution in [0.2, 0.25) is 0 Å². The van der Waals surface area contributed by atoms with E-state index in [9.17, 15) is 27.5 Å². The van der Waals surface area contributed by atoms with E-state index in [1.165, 1.54) is 0 Å². The molecular weight excluding hydrogens is 364 g/mol. The Balaban J connectivity index is 2.01. The Morgan fingerprint density at radius 3 is 2.26 bits per heavy atom. The fourth-order valence-corrected chi connectivity index (χ4v) is 2.79. The molecule has 27 heavy (non-hydrogen) atoms. The third-order valence-corrected chi connectivity index (χ3v) is 4.42. The maximum absolute atomic E-state index is 13.6. The van der Waals surface area contributed by atoms with Gasteiger partial charge in [-0.15, -0.1) is 0 Å². The Morgan fingerprint density at radius 2 is 1.74 bits per heavy atom. The molecule has 1 heterocycles. The lowest BCUT2D eigenvalue weighted by Crippen LogP contribution is -2.56. The third kappa shape index (κ3) is 3.44. The van der Waals surface area contributed by atoms with Crippen LogP contribution >= 0.6 is 0 Å². The molecule has 142 valence electrons. The molecule has 0 aromatic heterocycles. The van der Waals surface area contributed by atoms with Gasteiger partial charge >= 0.3 is 6.18 Å². The number of nitrogens with zero attached hydrogens (tertiary/aromatic N) is 2.